The lowest BCUT2D eigenvalue weighted by Gasteiger charge is -2.10. The molecule has 0 spiro atoms. The van der Waals surface area contributed by atoms with Gasteiger partial charge in [-0.25, -0.2) is 0 Å². The Morgan fingerprint density at radius 2 is 2.00 bits per heavy atom. The van der Waals surface area contributed by atoms with Crippen molar-refractivity contribution in [3.63, 3.8) is 0 Å². The van der Waals surface area contributed by atoms with E-state index in [-0.39, 0.29) is 18.9 Å². The molecule has 3 rings (SSSR count). The number of hydrogen-bond donors (Lipinski definition) is 1. The van der Waals surface area contributed by atoms with Crippen LogP contribution >= 0.6 is 0 Å². The zero-order chi connectivity index (χ0) is 13.4. The topological polar surface area (TPSA) is 66.5 Å². The van der Waals surface area contributed by atoms with Gasteiger partial charge in [0.15, 0.2) is 11.5 Å². The number of ether oxygens (including phenoxy) is 2. The molecule has 0 saturated carbocycles. The van der Waals surface area contributed by atoms with Gasteiger partial charge in [-0.2, -0.15) is 0 Å². The van der Waals surface area contributed by atoms with Gasteiger partial charge in [-0.15, -0.1) is 0 Å². The lowest BCUT2D eigenvalue weighted by atomic mass is 10.1. The summed E-state index contributed by atoms with van der Waals surface area (Å²) in [5, 5.41) is 0. The number of nitrogens with two attached hydrogens (primary N) is 1. The van der Waals surface area contributed by atoms with Gasteiger partial charge in [0.1, 0.15) is 0 Å². The number of benzene rings is 1. The van der Waals surface area contributed by atoms with Crippen molar-refractivity contribution in [1.29, 1.82) is 0 Å². The molecule has 2 aromatic rings. The average molecular weight is 258 g/mol. The summed E-state index contributed by atoms with van der Waals surface area (Å²) in [7, 11) is 1.74. The summed E-state index contributed by atoms with van der Waals surface area (Å²) >= 11 is 0. The van der Waals surface area contributed by atoms with Gasteiger partial charge < -0.3 is 19.8 Å². The van der Waals surface area contributed by atoms with Gasteiger partial charge >= 0.3 is 0 Å². The van der Waals surface area contributed by atoms with Crippen molar-refractivity contribution in [1.82, 2.24) is 4.57 Å². The molecular weight excluding hydrogens is 244 g/mol. The molecule has 0 radical (unpaired) electrons. The fourth-order valence-corrected chi connectivity index (χ4v) is 2.19. The molecule has 0 atom stereocenters. The van der Waals surface area contributed by atoms with E-state index in [4.69, 9.17) is 15.2 Å². The first-order valence-electron chi connectivity index (χ1n) is 5.99. The largest absolute Gasteiger partial charge is 0.454 e. The van der Waals surface area contributed by atoms with E-state index in [9.17, 15) is 4.79 Å². The van der Waals surface area contributed by atoms with Gasteiger partial charge in [-0.1, -0.05) is 6.07 Å². The summed E-state index contributed by atoms with van der Waals surface area (Å²) in [6.45, 7) is 0.484. The normalized spacial score (nSPS) is 12.7. The van der Waals surface area contributed by atoms with Crippen molar-refractivity contribution >= 4 is 0 Å². The van der Waals surface area contributed by atoms with E-state index in [2.05, 4.69) is 0 Å². The molecule has 2 N–H and O–H groups in total. The van der Waals surface area contributed by atoms with Crippen LogP contribution in [0.15, 0.2) is 35.1 Å². The third kappa shape index (κ3) is 1.88. The monoisotopic (exact) mass is 258 g/mol. The fourth-order valence-electron chi connectivity index (χ4n) is 2.19. The predicted molar refractivity (Wildman–Crippen MR) is 71.1 cm³/mol. The van der Waals surface area contributed by atoms with Crippen LogP contribution in [0.5, 0.6) is 11.5 Å². The molecule has 0 unspecified atom stereocenters. The van der Waals surface area contributed by atoms with E-state index in [1.165, 1.54) is 0 Å². The fraction of sp³-hybridized carbons (Fsp3) is 0.214. The molecule has 0 fully saturated rings. The smallest absolute Gasteiger partial charge is 0.255 e. The molecule has 5 heteroatoms. The summed E-state index contributed by atoms with van der Waals surface area (Å²) < 4.78 is 12.2. The van der Waals surface area contributed by atoms with E-state index >= 15 is 0 Å². The number of nitrogens with zero attached hydrogens (tertiary/aromatic N) is 1. The quantitative estimate of drug-likeness (QED) is 0.880. The molecule has 0 bridgehead atoms. The first-order valence-corrected chi connectivity index (χ1v) is 5.99. The van der Waals surface area contributed by atoms with E-state index in [0.717, 1.165) is 17.0 Å². The summed E-state index contributed by atoms with van der Waals surface area (Å²) in [4.78, 5) is 12.1. The number of fused-ring (bicyclic) bond motifs is 1. The Morgan fingerprint density at radius 1 is 1.21 bits per heavy atom. The van der Waals surface area contributed by atoms with Gasteiger partial charge in [0.25, 0.3) is 5.56 Å². The number of aromatic nitrogens is 1. The van der Waals surface area contributed by atoms with Crippen molar-refractivity contribution in [2.75, 3.05) is 6.79 Å². The Labute approximate surface area is 110 Å². The Kier molecular flexibility index (Phi) is 2.76. The lowest BCUT2D eigenvalue weighted by molar-refractivity contribution is 0.174. The van der Waals surface area contributed by atoms with Crippen molar-refractivity contribution in [3.8, 4) is 22.8 Å². The van der Waals surface area contributed by atoms with Crippen LogP contribution in [0, 0.1) is 0 Å². The number of rotatable bonds is 2. The molecule has 2 heterocycles. The molecule has 0 aliphatic carbocycles. The highest BCUT2D eigenvalue weighted by atomic mass is 16.7. The number of pyridine rings is 1. The van der Waals surface area contributed by atoms with E-state index in [0.29, 0.717) is 11.3 Å². The van der Waals surface area contributed by atoms with Gasteiger partial charge in [0.05, 0.1) is 5.69 Å². The molecule has 0 saturated heterocycles. The van der Waals surface area contributed by atoms with Crippen LogP contribution in [0.25, 0.3) is 11.3 Å². The van der Waals surface area contributed by atoms with Crippen LogP contribution in [0.1, 0.15) is 5.56 Å². The van der Waals surface area contributed by atoms with Crippen molar-refractivity contribution in [2.45, 2.75) is 6.54 Å². The van der Waals surface area contributed by atoms with Crippen LogP contribution < -0.4 is 20.8 Å². The second-order valence-corrected chi connectivity index (χ2v) is 4.38. The zero-order valence-electron chi connectivity index (χ0n) is 10.6. The minimum atomic E-state index is -0.0716. The summed E-state index contributed by atoms with van der Waals surface area (Å²) in [5.41, 5.74) is 7.79. The molecule has 19 heavy (non-hydrogen) atoms. The second-order valence-electron chi connectivity index (χ2n) is 4.38. The molecule has 0 amide bonds. The standard InChI is InChI=1S/C14H14N2O3/c1-16-11(4-2-10(7-15)14(16)17)9-3-5-12-13(6-9)19-8-18-12/h2-6H,7-8,15H2,1H3. The van der Waals surface area contributed by atoms with Crippen molar-refractivity contribution in [2.24, 2.45) is 12.8 Å². The highest BCUT2D eigenvalue weighted by Crippen LogP contribution is 2.35. The van der Waals surface area contributed by atoms with Crippen LogP contribution in [-0.4, -0.2) is 11.4 Å². The Bertz CT molecular complexity index is 692. The molecular formula is C14H14N2O3. The Balaban J connectivity index is 2.12. The molecule has 1 aromatic heterocycles. The van der Waals surface area contributed by atoms with Crippen LogP contribution in [-0.2, 0) is 13.6 Å². The van der Waals surface area contributed by atoms with Gasteiger partial charge in [-0.3, -0.25) is 4.79 Å². The maximum atomic E-state index is 12.1. The predicted octanol–water partition coefficient (Wildman–Crippen LogP) is 1.24. The second kappa shape index (κ2) is 4.44. The number of hydrogen-bond acceptors (Lipinski definition) is 4. The summed E-state index contributed by atoms with van der Waals surface area (Å²) in [6, 6.07) is 9.28. The molecule has 5 nitrogen and oxygen atoms in total. The minimum absolute atomic E-state index is 0.0716. The minimum Gasteiger partial charge on any atom is -0.454 e. The third-order valence-corrected chi connectivity index (χ3v) is 3.27. The average Bonchev–Trinajstić information content (AvgIpc) is 2.89. The van der Waals surface area contributed by atoms with Crippen molar-refractivity contribution < 1.29 is 9.47 Å². The molecule has 1 aromatic carbocycles. The van der Waals surface area contributed by atoms with E-state index in [1.54, 1.807) is 17.7 Å². The van der Waals surface area contributed by atoms with E-state index in [1.807, 2.05) is 24.3 Å². The highest BCUT2D eigenvalue weighted by molar-refractivity contribution is 5.65. The maximum Gasteiger partial charge on any atom is 0.255 e. The lowest BCUT2D eigenvalue weighted by Crippen LogP contribution is -2.23. The first kappa shape index (κ1) is 11.8. The summed E-state index contributed by atoms with van der Waals surface area (Å²) in [6.07, 6.45) is 0. The maximum absolute atomic E-state index is 12.1. The van der Waals surface area contributed by atoms with E-state index < -0.39 is 0 Å². The Hall–Kier alpha value is -2.27. The first-order chi connectivity index (χ1) is 9.20. The molecule has 1 aliphatic heterocycles. The van der Waals surface area contributed by atoms with Crippen molar-refractivity contribution in [3.05, 3.63) is 46.2 Å². The van der Waals surface area contributed by atoms with Gasteiger partial charge in [0, 0.05) is 24.7 Å². The van der Waals surface area contributed by atoms with Crippen LogP contribution in [0.3, 0.4) is 0 Å². The SMILES string of the molecule is Cn1c(-c2ccc3c(c2)OCO3)ccc(CN)c1=O. The third-order valence-electron chi connectivity index (χ3n) is 3.27. The zero-order valence-corrected chi connectivity index (χ0v) is 10.6. The van der Waals surface area contributed by atoms with Crippen LogP contribution in [0.2, 0.25) is 0 Å². The van der Waals surface area contributed by atoms with Crippen LogP contribution in [0.4, 0.5) is 0 Å². The highest BCUT2D eigenvalue weighted by Gasteiger charge is 2.15. The van der Waals surface area contributed by atoms with Gasteiger partial charge in [0.2, 0.25) is 6.79 Å². The Morgan fingerprint density at radius 3 is 2.79 bits per heavy atom. The summed E-state index contributed by atoms with van der Waals surface area (Å²) in [5.74, 6) is 1.43. The molecule has 98 valence electrons. The van der Waals surface area contributed by atoms with Gasteiger partial charge in [-0.05, 0) is 24.3 Å². The molecule has 1 aliphatic rings.